The van der Waals surface area contributed by atoms with E-state index in [2.05, 4.69) is 15.9 Å². The molecule has 120 valence electrons. The summed E-state index contributed by atoms with van der Waals surface area (Å²) in [5.41, 5.74) is 1.09. The molecular formula is C17H16BrFN2O2. The molecule has 1 aliphatic heterocycles. The predicted molar refractivity (Wildman–Crippen MR) is 89.7 cm³/mol. The van der Waals surface area contributed by atoms with Crippen LogP contribution in [0.4, 0.5) is 10.1 Å². The van der Waals surface area contributed by atoms with E-state index in [4.69, 9.17) is 4.84 Å². The summed E-state index contributed by atoms with van der Waals surface area (Å²) in [6.45, 7) is 2.27. The average molecular weight is 379 g/mol. The summed E-state index contributed by atoms with van der Waals surface area (Å²) in [5.74, 6) is -0.622. The van der Waals surface area contributed by atoms with Crippen LogP contribution in [0.3, 0.4) is 0 Å². The fourth-order valence-electron chi connectivity index (χ4n) is 2.50. The Labute approximate surface area is 142 Å². The maximum Gasteiger partial charge on any atom is 0.357 e. The van der Waals surface area contributed by atoms with Gasteiger partial charge < -0.3 is 9.74 Å². The van der Waals surface area contributed by atoms with Gasteiger partial charge >= 0.3 is 5.97 Å². The number of piperazine rings is 1. The third-order valence-electron chi connectivity index (χ3n) is 3.71. The number of halogens is 2. The van der Waals surface area contributed by atoms with E-state index in [9.17, 15) is 9.18 Å². The van der Waals surface area contributed by atoms with Gasteiger partial charge in [-0.2, -0.15) is 0 Å². The lowest BCUT2D eigenvalue weighted by molar-refractivity contribution is -0.112. The van der Waals surface area contributed by atoms with Crippen molar-refractivity contribution in [3.05, 3.63) is 64.4 Å². The molecule has 0 atom stereocenters. The Morgan fingerprint density at radius 2 is 1.74 bits per heavy atom. The normalized spacial score (nSPS) is 15.5. The molecule has 23 heavy (non-hydrogen) atoms. The zero-order valence-electron chi connectivity index (χ0n) is 12.4. The standard InChI is InChI=1S/C17H16BrFN2O2/c18-14-6-7-16(15(19)12-14)20-8-10-21(11-9-20)23-17(22)13-4-2-1-3-5-13/h1-7,12H,8-11H2. The first-order valence-corrected chi connectivity index (χ1v) is 8.15. The molecule has 2 aromatic carbocycles. The van der Waals surface area contributed by atoms with Gasteiger partial charge in [0.05, 0.1) is 24.3 Å². The molecular weight excluding hydrogens is 363 g/mol. The molecule has 4 nitrogen and oxygen atoms in total. The van der Waals surface area contributed by atoms with Crippen LogP contribution < -0.4 is 4.90 Å². The molecule has 0 saturated carbocycles. The molecule has 0 spiro atoms. The third kappa shape index (κ3) is 3.89. The second kappa shape index (κ2) is 7.10. The van der Waals surface area contributed by atoms with E-state index < -0.39 is 0 Å². The Bertz CT molecular complexity index is 688. The van der Waals surface area contributed by atoms with Crippen LogP contribution in [-0.2, 0) is 4.84 Å². The minimum absolute atomic E-state index is 0.255. The van der Waals surface area contributed by atoms with Crippen LogP contribution in [-0.4, -0.2) is 37.2 Å². The molecule has 0 aliphatic carbocycles. The summed E-state index contributed by atoms with van der Waals surface area (Å²) in [6, 6.07) is 13.9. The molecule has 3 rings (SSSR count). The number of carbonyl (C=O) groups is 1. The first kappa shape index (κ1) is 16.0. The Hall–Kier alpha value is -1.92. The van der Waals surface area contributed by atoms with Gasteiger partial charge in [-0.1, -0.05) is 34.1 Å². The highest BCUT2D eigenvalue weighted by Crippen LogP contribution is 2.24. The molecule has 0 radical (unpaired) electrons. The third-order valence-corrected chi connectivity index (χ3v) is 4.20. The number of benzene rings is 2. The molecule has 6 heteroatoms. The molecule has 1 fully saturated rings. The van der Waals surface area contributed by atoms with Crippen molar-refractivity contribution in [1.29, 1.82) is 0 Å². The molecule has 0 N–H and O–H groups in total. The van der Waals surface area contributed by atoms with Gasteiger partial charge in [-0.15, -0.1) is 5.06 Å². The van der Waals surface area contributed by atoms with Gasteiger partial charge in [0, 0.05) is 17.6 Å². The van der Waals surface area contributed by atoms with Crippen molar-refractivity contribution in [2.75, 3.05) is 31.1 Å². The van der Waals surface area contributed by atoms with Gasteiger partial charge in [0.2, 0.25) is 0 Å². The van der Waals surface area contributed by atoms with E-state index in [1.807, 2.05) is 17.0 Å². The summed E-state index contributed by atoms with van der Waals surface area (Å²) in [7, 11) is 0. The highest BCUT2D eigenvalue weighted by Gasteiger charge is 2.22. The topological polar surface area (TPSA) is 32.8 Å². The minimum Gasteiger partial charge on any atom is -0.366 e. The molecule has 0 amide bonds. The second-order valence-electron chi connectivity index (χ2n) is 5.26. The Kier molecular flexibility index (Phi) is 4.93. The molecule has 0 unspecified atom stereocenters. The van der Waals surface area contributed by atoms with Gasteiger partial charge in [0.1, 0.15) is 5.82 Å². The number of rotatable bonds is 3. The summed E-state index contributed by atoms with van der Waals surface area (Å²) in [4.78, 5) is 19.3. The first-order valence-electron chi connectivity index (χ1n) is 7.36. The summed E-state index contributed by atoms with van der Waals surface area (Å²) < 4.78 is 14.7. The maximum atomic E-state index is 14.0. The van der Waals surface area contributed by atoms with Gasteiger partial charge in [0.25, 0.3) is 0 Å². The van der Waals surface area contributed by atoms with Crippen molar-refractivity contribution in [2.45, 2.75) is 0 Å². The molecule has 0 aromatic heterocycles. The van der Waals surface area contributed by atoms with E-state index >= 15 is 0 Å². The first-order chi connectivity index (χ1) is 11.1. The second-order valence-corrected chi connectivity index (χ2v) is 6.17. The van der Waals surface area contributed by atoms with Crippen LogP contribution in [0.25, 0.3) is 0 Å². The van der Waals surface area contributed by atoms with Crippen molar-refractivity contribution in [2.24, 2.45) is 0 Å². The lowest BCUT2D eigenvalue weighted by atomic mass is 10.2. The Morgan fingerprint density at radius 3 is 2.39 bits per heavy atom. The highest BCUT2D eigenvalue weighted by atomic mass is 79.9. The summed E-state index contributed by atoms with van der Waals surface area (Å²) in [5, 5.41) is 1.63. The van der Waals surface area contributed by atoms with Crippen LogP contribution in [0.5, 0.6) is 0 Å². The monoisotopic (exact) mass is 378 g/mol. The number of hydrogen-bond donors (Lipinski definition) is 0. The van der Waals surface area contributed by atoms with E-state index in [1.54, 1.807) is 35.4 Å². The van der Waals surface area contributed by atoms with E-state index in [0.717, 1.165) is 0 Å². The van der Waals surface area contributed by atoms with Crippen molar-refractivity contribution >= 4 is 27.6 Å². The summed E-state index contributed by atoms with van der Waals surface area (Å²) >= 11 is 3.25. The van der Waals surface area contributed by atoms with Crippen LogP contribution in [0, 0.1) is 5.82 Å². The smallest absolute Gasteiger partial charge is 0.357 e. The van der Waals surface area contributed by atoms with Crippen LogP contribution in [0.1, 0.15) is 10.4 Å². The molecule has 1 aliphatic rings. The number of hydroxylamine groups is 2. The SMILES string of the molecule is O=C(ON1CCN(c2ccc(Br)cc2F)CC1)c1ccccc1. The quantitative estimate of drug-likeness (QED) is 0.818. The van der Waals surface area contributed by atoms with E-state index in [0.29, 0.717) is 41.9 Å². The number of nitrogens with zero attached hydrogens (tertiary/aromatic N) is 2. The molecule has 1 saturated heterocycles. The fourth-order valence-corrected chi connectivity index (χ4v) is 2.84. The Morgan fingerprint density at radius 1 is 1.04 bits per heavy atom. The minimum atomic E-state index is -0.367. The van der Waals surface area contributed by atoms with Crippen LogP contribution in [0.15, 0.2) is 53.0 Å². The average Bonchev–Trinajstić information content (AvgIpc) is 2.57. The Balaban J connectivity index is 1.57. The van der Waals surface area contributed by atoms with Crippen molar-refractivity contribution in [3.63, 3.8) is 0 Å². The van der Waals surface area contributed by atoms with Crippen molar-refractivity contribution in [3.8, 4) is 0 Å². The van der Waals surface area contributed by atoms with Crippen molar-refractivity contribution in [1.82, 2.24) is 5.06 Å². The zero-order chi connectivity index (χ0) is 16.2. The molecule has 2 aromatic rings. The van der Waals surface area contributed by atoms with Crippen LogP contribution >= 0.6 is 15.9 Å². The molecule has 0 bridgehead atoms. The lowest BCUT2D eigenvalue weighted by Crippen LogP contribution is -2.47. The van der Waals surface area contributed by atoms with Gasteiger partial charge in [0.15, 0.2) is 0 Å². The lowest BCUT2D eigenvalue weighted by Gasteiger charge is -2.34. The predicted octanol–water partition coefficient (Wildman–Crippen LogP) is 3.48. The summed E-state index contributed by atoms with van der Waals surface area (Å²) in [6.07, 6.45) is 0. The van der Waals surface area contributed by atoms with Crippen LogP contribution in [0.2, 0.25) is 0 Å². The van der Waals surface area contributed by atoms with Crippen molar-refractivity contribution < 1.29 is 14.0 Å². The number of hydrogen-bond acceptors (Lipinski definition) is 4. The highest BCUT2D eigenvalue weighted by molar-refractivity contribution is 9.10. The molecule has 1 heterocycles. The van der Waals surface area contributed by atoms with Gasteiger partial charge in [-0.05, 0) is 30.3 Å². The van der Waals surface area contributed by atoms with E-state index in [1.165, 1.54) is 6.07 Å². The van der Waals surface area contributed by atoms with Gasteiger partial charge in [-0.3, -0.25) is 0 Å². The number of anilines is 1. The maximum absolute atomic E-state index is 14.0. The fraction of sp³-hybridized carbons (Fsp3) is 0.235. The zero-order valence-corrected chi connectivity index (χ0v) is 14.0. The van der Waals surface area contributed by atoms with E-state index in [-0.39, 0.29) is 11.8 Å². The number of carbonyl (C=O) groups excluding carboxylic acids is 1. The largest absolute Gasteiger partial charge is 0.366 e. The van der Waals surface area contributed by atoms with Gasteiger partial charge in [-0.25, -0.2) is 9.18 Å².